The number of anilines is 1. The van der Waals surface area contributed by atoms with E-state index in [1.807, 2.05) is 24.3 Å². The smallest absolute Gasteiger partial charge is 0.247 e. The van der Waals surface area contributed by atoms with Crippen molar-refractivity contribution >= 4 is 11.7 Å². The molecule has 0 atom stereocenters. The first-order valence-electron chi connectivity index (χ1n) is 5.66. The summed E-state index contributed by atoms with van der Waals surface area (Å²) in [6, 6.07) is 9.27. The molecule has 0 saturated carbocycles. The third-order valence-corrected chi connectivity index (χ3v) is 2.63. The first kappa shape index (κ1) is 12.2. The molecule has 0 amide bonds. The monoisotopic (exact) mass is 245 g/mol. The van der Waals surface area contributed by atoms with Crippen LogP contribution in [-0.2, 0) is 6.42 Å². The van der Waals surface area contributed by atoms with Crippen LogP contribution in [0.25, 0.3) is 0 Å². The first-order chi connectivity index (χ1) is 8.69. The van der Waals surface area contributed by atoms with Gasteiger partial charge in [0.25, 0.3) is 0 Å². The predicted molar refractivity (Wildman–Crippen MR) is 68.6 cm³/mol. The van der Waals surface area contributed by atoms with Crippen molar-refractivity contribution in [3.63, 3.8) is 0 Å². The molecule has 18 heavy (non-hydrogen) atoms. The van der Waals surface area contributed by atoms with E-state index in [-0.39, 0.29) is 5.91 Å². The van der Waals surface area contributed by atoms with Gasteiger partial charge in [0, 0.05) is 18.7 Å². The van der Waals surface area contributed by atoms with Crippen molar-refractivity contribution in [3.05, 3.63) is 42.1 Å². The maximum absolute atomic E-state index is 11.8. The average Bonchev–Trinajstić information content (AvgIpc) is 2.83. The maximum Gasteiger partial charge on any atom is 0.247 e. The number of carbonyl (C=O) groups is 1. The number of methoxy groups -OCH3 is 1. The Balaban J connectivity index is 1.97. The number of aromatic nitrogens is 2. The number of ether oxygens (including phenoxy) is 1. The van der Waals surface area contributed by atoms with E-state index in [4.69, 9.17) is 10.5 Å². The van der Waals surface area contributed by atoms with Crippen molar-refractivity contribution in [2.24, 2.45) is 0 Å². The van der Waals surface area contributed by atoms with E-state index >= 15 is 0 Å². The summed E-state index contributed by atoms with van der Waals surface area (Å²) in [5, 5.41) is 3.88. The summed E-state index contributed by atoms with van der Waals surface area (Å²) in [7, 11) is 1.62. The Kier molecular flexibility index (Phi) is 3.62. The van der Waals surface area contributed by atoms with Gasteiger partial charge in [-0.25, -0.2) is 4.68 Å². The number of rotatable bonds is 4. The quantitative estimate of drug-likeness (QED) is 0.890. The molecule has 1 heterocycles. The molecule has 2 rings (SSSR count). The Morgan fingerprint density at radius 3 is 2.94 bits per heavy atom. The highest BCUT2D eigenvalue weighted by atomic mass is 16.5. The SMILES string of the molecule is COc1cccc(CCC(=O)n2ccc(N)n2)c1. The molecule has 2 aromatic rings. The molecule has 0 fully saturated rings. The number of nitrogen functional groups attached to an aromatic ring is 1. The van der Waals surface area contributed by atoms with Gasteiger partial charge in [0.05, 0.1) is 7.11 Å². The Bertz CT molecular complexity index is 549. The number of hydrogen-bond acceptors (Lipinski definition) is 4. The molecule has 0 radical (unpaired) electrons. The van der Waals surface area contributed by atoms with Crippen molar-refractivity contribution in [1.82, 2.24) is 9.78 Å². The van der Waals surface area contributed by atoms with Crippen LogP contribution < -0.4 is 10.5 Å². The minimum Gasteiger partial charge on any atom is -0.497 e. The molecule has 1 aromatic carbocycles. The van der Waals surface area contributed by atoms with E-state index in [0.717, 1.165) is 11.3 Å². The number of aryl methyl sites for hydroxylation is 1. The van der Waals surface area contributed by atoms with Crippen LogP contribution in [0, 0.1) is 0 Å². The zero-order chi connectivity index (χ0) is 13.0. The highest BCUT2D eigenvalue weighted by Gasteiger charge is 2.07. The number of carbonyl (C=O) groups excluding carboxylic acids is 1. The van der Waals surface area contributed by atoms with Gasteiger partial charge in [-0.05, 0) is 24.1 Å². The average molecular weight is 245 g/mol. The van der Waals surface area contributed by atoms with Gasteiger partial charge in [-0.1, -0.05) is 12.1 Å². The van der Waals surface area contributed by atoms with E-state index in [1.165, 1.54) is 4.68 Å². The van der Waals surface area contributed by atoms with Gasteiger partial charge in [-0.3, -0.25) is 4.79 Å². The second-order valence-corrected chi connectivity index (χ2v) is 3.93. The lowest BCUT2D eigenvalue weighted by atomic mass is 10.1. The molecule has 0 spiro atoms. The molecular formula is C13H15N3O2. The molecule has 2 N–H and O–H groups in total. The summed E-state index contributed by atoms with van der Waals surface area (Å²) in [5.74, 6) is 1.07. The van der Waals surface area contributed by atoms with Crippen LogP contribution in [0.15, 0.2) is 36.5 Å². The van der Waals surface area contributed by atoms with E-state index < -0.39 is 0 Å². The lowest BCUT2D eigenvalue weighted by Crippen LogP contribution is -2.12. The largest absolute Gasteiger partial charge is 0.497 e. The van der Waals surface area contributed by atoms with Crippen molar-refractivity contribution in [2.75, 3.05) is 12.8 Å². The highest BCUT2D eigenvalue weighted by Crippen LogP contribution is 2.14. The Morgan fingerprint density at radius 2 is 2.28 bits per heavy atom. The molecule has 0 aliphatic heterocycles. The van der Waals surface area contributed by atoms with Crippen LogP contribution in [0.5, 0.6) is 5.75 Å². The van der Waals surface area contributed by atoms with Crippen LogP contribution in [0.1, 0.15) is 16.8 Å². The van der Waals surface area contributed by atoms with Crippen LogP contribution in [-0.4, -0.2) is 22.8 Å². The fraction of sp³-hybridized carbons (Fsp3) is 0.231. The third-order valence-electron chi connectivity index (χ3n) is 2.63. The first-order valence-corrected chi connectivity index (χ1v) is 5.66. The number of nitrogens with two attached hydrogens (primary N) is 1. The number of benzene rings is 1. The maximum atomic E-state index is 11.8. The van der Waals surface area contributed by atoms with Crippen LogP contribution in [0.2, 0.25) is 0 Å². The van der Waals surface area contributed by atoms with Gasteiger partial charge < -0.3 is 10.5 Å². The number of hydrogen-bond donors (Lipinski definition) is 1. The molecule has 0 aliphatic carbocycles. The molecule has 0 bridgehead atoms. The van der Waals surface area contributed by atoms with E-state index in [9.17, 15) is 4.79 Å². The summed E-state index contributed by atoms with van der Waals surface area (Å²) >= 11 is 0. The summed E-state index contributed by atoms with van der Waals surface area (Å²) < 4.78 is 6.40. The summed E-state index contributed by atoms with van der Waals surface area (Å²) in [4.78, 5) is 11.8. The predicted octanol–water partition coefficient (Wildman–Crippen LogP) is 1.75. The van der Waals surface area contributed by atoms with Crippen molar-refractivity contribution in [3.8, 4) is 5.75 Å². The van der Waals surface area contributed by atoms with Gasteiger partial charge in [0.1, 0.15) is 11.6 Å². The molecule has 0 unspecified atom stereocenters. The molecule has 1 aromatic heterocycles. The van der Waals surface area contributed by atoms with Crippen LogP contribution in [0.4, 0.5) is 5.82 Å². The normalized spacial score (nSPS) is 10.3. The highest BCUT2D eigenvalue weighted by molar-refractivity contribution is 5.78. The molecule has 0 saturated heterocycles. The standard InChI is InChI=1S/C13H15N3O2/c1-18-11-4-2-3-10(9-11)5-6-13(17)16-8-7-12(14)15-16/h2-4,7-9H,5-6H2,1H3,(H2,14,15). The van der Waals surface area contributed by atoms with Gasteiger partial charge in [-0.15, -0.1) is 5.10 Å². The van der Waals surface area contributed by atoms with Crippen LogP contribution in [0.3, 0.4) is 0 Å². The van der Waals surface area contributed by atoms with E-state index in [2.05, 4.69) is 5.10 Å². The van der Waals surface area contributed by atoms with Crippen molar-refractivity contribution in [1.29, 1.82) is 0 Å². The van der Waals surface area contributed by atoms with E-state index in [0.29, 0.717) is 18.7 Å². The molecule has 0 aliphatic rings. The third kappa shape index (κ3) is 2.88. The zero-order valence-electron chi connectivity index (χ0n) is 10.2. The molecular weight excluding hydrogens is 230 g/mol. The zero-order valence-corrected chi connectivity index (χ0v) is 10.2. The number of nitrogens with zero attached hydrogens (tertiary/aromatic N) is 2. The van der Waals surface area contributed by atoms with Crippen LogP contribution >= 0.6 is 0 Å². The van der Waals surface area contributed by atoms with Gasteiger partial charge in [0.15, 0.2) is 0 Å². The summed E-state index contributed by atoms with van der Waals surface area (Å²) in [6.45, 7) is 0. The minimum atomic E-state index is -0.0745. The topological polar surface area (TPSA) is 70.1 Å². The molecule has 5 heteroatoms. The summed E-state index contributed by atoms with van der Waals surface area (Å²) in [6.07, 6.45) is 2.60. The molecule has 5 nitrogen and oxygen atoms in total. The Hall–Kier alpha value is -2.30. The summed E-state index contributed by atoms with van der Waals surface area (Å²) in [5.41, 5.74) is 6.52. The second-order valence-electron chi connectivity index (χ2n) is 3.93. The second kappa shape index (κ2) is 5.35. The molecule has 94 valence electrons. The fourth-order valence-electron chi connectivity index (χ4n) is 1.67. The van der Waals surface area contributed by atoms with Gasteiger partial charge in [-0.2, -0.15) is 0 Å². The van der Waals surface area contributed by atoms with E-state index in [1.54, 1.807) is 19.4 Å². The van der Waals surface area contributed by atoms with Crippen molar-refractivity contribution in [2.45, 2.75) is 12.8 Å². The van der Waals surface area contributed by atoms with Gasteiger partial charge in [0.2, 0.25) is 5.91 Å². The lowest BCUT2D eigenvalue weighted by Gasteiger charge is -2.04. The van der Waals surface area contributed by atoms with Crippen molar-refractivity contribution < 1.29 is 9.53 Å². The Morgan fingerprint density at radius 1 is 1.44 bits per heavy atom. The fourth-order valence-corrected chi connectivity index (χ4v) is 1.67. The Labute approximate surface area is 105 Å². The lowest BCUT2D eigenvalue weighted by molar-refractivity contribution is 0.0887. The minimum absolute atomic E-state index is 0.0745. The van der Waals surface area contributed by atoms with Gasteiger partial charge >= 0.3 is 0 Å².